The van der Waals surface area contributed by atoms with Gasteiger partial charge < -0.3 is 38.7 Å². The number of benzene rings is 1. The number of ether oxygens (including phenoxy) is 3. The van der Waals surface area contributed by atoms with Crippen LogP contribution in [-0.4, -0.2) is 118 Å². The standard InChI is InChI=1S/C36H48N8O4/c1-4-32(45)44-19-18-43(22-26(44)8-14-37)34-28-11-17-42(30-6-5-7-31-33(30)40(2)20-21-47-31)23-29(28)38-35(39-34)48-25-36(12-13-36)24-41-15-9-27(46-3)10-16-41/h4-7,26-27H,1,8-13,15-25H2,2-3H3. The van der Waals surface area contributed by atoms with Crippen molar-refractivity contribution in [3.8, 4) is 17.8 Å². The molecule has 4 aliphatic heterocycles. The molecule has 1 amide bonds. The van der Waals surface area contributed by atoms with Crippen LogP contribution in [0.1, 0.15) is 43.4 Å². The third-order valence-electron chi connectivity index (χ3n) is 10.9. The number of likely N-dealkylation sites (N-methyl/N-ethyl adjacent to an activating group) is 1. The molecule has 0 N–H and O–H groups in total. The number of nitrogens with zero attached hydrogens (tertiary/aromatic N) is 8. The normalized spacial score (nSPS) is 22.3. The summed E-state index contributed by atoms with van der Waals surface area (Å²) >= 11 is 0. The number of hydrogen-bond acceptors (Lipinski definition) is 11. The molecule has 1 atom stereocenters. The second-order valence-corrected chi connectivity index (χ2v) is 14.0. The lowest BCUT2D eigenvalue weighted by molar-refractivity contribution is -0.128. The molecule has 7 rings (SSSR count). The maximum atomic E-state index is 12.6. The van der Waals surface area contributed by atoms with Gasteiger partial charge in [-0.15, -0.1) is 0 Å². The van der Waals surface area contributed by atoms with E-state index in [2.05, 4.69) is 51.4 Å². The SMILES string of the molecule is C=CC(=O)N1CCN(c2nc(OCC3(CN4CCC(OC)CC4)CC3)nc3c2CCN(c2cccc4c2N(C)CCO4)C3)CC1CC#N. The summed E-state index contributed by atoms with van der Waals surface area (Å²) in [5.74, 6) is 1.64. The number of hydrogen-bond donors (Lipinski definition) is 0. The molecule has 256 valence electrons. The van der Waals surface area contributed by atoms with E-state index in [9.17, 15) is 10.1 Å². The molecule has 48 heavy (non-hydrogen) atoms. The fourth-order valence-electron chi connectivity index (χ4n) is 7.85. The number of likely N-dealkylation sites (tertiary alicyclic amines) is 1. The molecule has 0 radical (unpaired) electrons. The molecule has 12 heteroatoms. The van der Waals surface area contributed by atoms with Gasteiger partial charge >= 0.3 is 6.01 Å². The summed E-state index contributed by atoms with van der Waals surface area (Å²) < 4.78 is 18.1. The van der Waals surface area contributed by atoms with Gasteiger partial charge in [-0.1, -0.05) is 12.6 Å². The summed E-state index contributed by atoms with van der Waals surface area (Å²) in [7, 11) is 3.93. The number of aromatic nitrogens is 2. The van der Waals surface area contributed by atoms with E-state index in [1.165, 1.54) is 6.08 Å². The molecule has 1 aliphatic carbocycles. The van der Waals surface area contributed by atoms with Crippen molar-refractivity contribution >= 4 is 23.1 Å². The lowest BCUT2D eigenvalue weighted by Gasteiger charge is -2.42. The lowest BCUT2D eigenvalue weighted by Crippen LogP contribution is -2.55. The number of piperazine rings is 1. The first-order valence-electron chi connectivity index (χ1n) is 17.4. The number of carbonyl (C=O) groups excluding carboxylic acids is 1. The molecule has 2 saturated heterocycles. The van der Waals surface area contributed by atoms with Crippen molar-refractivity contribution in [2.24, 2.45) is 5.41 Å². The van der Waals surface area contributed by atoms with Crippen LogP contribution in [0.15, 0.2) is 30.9 Å². The summed E-state index contributed by atoms with van der Waals surface area (Å²) in [5, 5.41) is 9.61. The zero-order chi connectivity index (χ0) is 33.3. The minimum Gasteiger partial charge on any atom is -0.489 e. The summed E-state index contributed by atoms with van der Waals surface area (Å²) in [6.45, 7) is 12.0. The Labute approximate surface area is 283 Å². The number of para-hydroxylation sites is 1. The van der Waals surface area contributed by atoms with Gasteiger partial charge in [-0.05, 0) is 50.3 Å². The number of amides is 1. The van der Waals surface area contributed by atoms with Crippen molar-refractivity contribution < 1.29 is 19.0 Å². The van der Waals surface area contributed by atoms with Crippen LogP contribution >= 0.6 is 0 Å². The van der Waals surface area contributed by atoms with Crippen molar-refractivity contribution in [1.82, 2.24) is 19.8 Å². The fourth-order valence-corrected chi connectivity index (χ4v) is 7.85. The summed E-state index contributed by atoms with van der Waals surface area (Å²) in [4.78, 5) is 34.0. The molecule has 5 aliphatic rings. The number of anilines is 3. The first-order valence-corrected chi connectivity index (χ1v) is 17.4. The maximum absolute atomic E-state index is 12.6. The van der Waals surface area contributed by atoms with E-state index < -0.39 is 0 Å². The Bertz CT molecular complexity index is 1550. The quantitative estimate of drug-likeness (QED) is 0.352. The minimum absolute atomic E-state index is 0.133. The van der Waals surface area contributed by atoms with Gasteiger partial charge in [0.2, 0.25) is 5.91 Å². The zero-order valence-corrected chi connectivity index (χ0v) is 28.4. The van der Waals surface area contributed by atoms with Gasteiger partial charge in [-0.3, -0.25) is 4.79 Å². The molecule has 1 saturated carbocycles. The van der Waals surface area contributed by atoms with Crippen LogP contribution in [0.25, 0.3) is 0 Å². The van der Waals surface area contributed by atoms with Crippen LogP contribution in [-0.2, 0) is 22.5 Å². The molecule has 12 nitrogen and oxygen atoms in total. The Hall–Kier alpha value is -4.08. The van der Waals surface area contributed by atoms with Crippen molar-refractivity contribution in [1.29, 1.82) is 5.26 Å². The molecule has 1 unspecified atom stereocenters. The molecule has 5 heterocycles. The first kappa shape index (κ1) is 32.5. The number of nitriles is 1. The van der Waals surface area contributed by atoms with Crippen molar-refractivity contribution in [2.45, 2.75) is 57.2 Å². The predicted molar refractivity (Wildman–Crippen MR) is 184 cm³/mol. The van der Waals surface area contributed by atoms with Crippen molar-refractivity contribution in [3.05, 3.63) is 42.1 Å². The number of carbonyl (C=O) groups is 1. The van der Waals surface area contributed by atoms with Crippen LogP contribution in [0, 0.1) is 16.7 Å². The highest BCUT2D eigenvalue weighted by Crippen LogP contribution is 2.47. The minimum atomic E-state index is -0.243. The monoisotopic (exact) mass is 656 g/mol. The van der Waals surface area contributed by atoms with E-state index in [1.807, 2.05) is 13.2 Å². The molecule has 3 fully saturated rings. The number of methoxy groups -OCH3 is 1. The summed E-state index contributed by atoms with van der Waals surface area (Å²) in [5.41, 5.74) is 4.47. The molecular weight excluding hydrogens is 608 g/mol. The average molecular weight is 657 g/mol. The Kier molecular flexibility index (Phi) is 9.34. The van der Waals surface area contributed by atoms with Gasteiger partial charge in [-0.2, -0.15) is 15.2 Å². The van der Waals surface area contributed by atoms with Crippen LogP contribution in [0.3, 0.4) is 0 Å². The van der Waals surface area contributed by atoms with E-state index in [0.29, 0.717) is 51.5 Å². The molecule has 1 aromatic carbocycles. The van der Waals surface area contributed by atoms with Crippen LogP contribution in [0.4, 0.5) is 17.2 Å². The van der Waals surface area contributed by atoms with E-state index in [1.54, 1.807) is 4.90 Å². The summed E-state index contributed by atoms with van der Waals surface area (Å²) in [6, 6.07) is 8.73. The van der Waals surface area contributed by atoms with Gasteiger partial charge in [0.1, 0.15) is 23.9 Å². The molecular formula is C36H48N8O4. The average Bonchev–Trinajstić information content (AvgIpc) is 3.89. The van der Waals surface area contributed by atoms with E-state index in [-0.39, 0.29) is 23.8 Å². The highest BCUT2D eigenvalue weighted by Gasteiger charge is 2.45. The van der Waals surface area contributed by atoms with Crippen LogP contribution in [0.2, 0.25) is 0 Å². The maximum Gasteiger partial charge on any atom is 0.318 e. The van der Waals surface area contributed by atoms with Crippen molar-refractivity contribution in [2.75, 3.05) is 94.4 Å². The largest absolute Gasteiger partial charge is 0.489 e. The van der Waals surface area contributed by atoms with Crippen molar-refractivity contribution in [3.63, 3.8) is 0 Å². The molecule has 2 aromatic rings. The van der Waals surface area contributed by atoms with E-state index in [0.717, 1.165) is 99.0 Å². The fraction of sp³-hybridized carbons (Fsp3) is 0.611. The zero-order valence-electron chi connectivity index (χ0n) is 28.4. The number of rotatable bonds is 10. The third kappa shape index (κ3) is 6.63. The predicted octanol–water partition coefficient (Wildman–Crippen LogP) is 3.25. The molecule has 0 bridgehead atoms. The number of fused-ring (bicyclic) bond motifs is 2. The van der Waals surface area contributed by atoms with Gasteiger partial charge in [0.15, 0.2) is 0 Å². The highest BCUT2D eigenvalue weighted by molar-refractivity contribution is 5.87. The van der Waals surface area contributed by atoms with Crippen LogP contribution < -0.4 is 24.2 Å². The first-order chi connectivity index (χ1) is 23.4. The smallest absolute Gasteiger partial charge is 0.318 e. The van der Waals surface area contributed by atoms with Gasteiger partial charge in [0.05, 0.1) is 55.7 Å². The lowest BCUT2D eigenvalue weighted by atomic mass is 10.0. The molecule has 1 aromatic heterocycles. The van der Waals surface area contributed by atoms with Crippen LogP contribution in [0.5, 0.6) is 11.8 Å². The van der Waals surface area contributed by atoms with Gasteiger partial charge in [-0.25, -0.2) is 0 Å². The highest BCUT2D eigenvalue weighted by atomic mass is 16.5. The van der Waals surface area contributed by atoms with E-state index >= 15 is 0 Å². The Balaban J connectivity index is 1.15. The summed E-state index contributed by atoms with van der Waals surface area (Å²) in [6.07, 6.45) is 7.17. The Morgan fingerprint density at radius 1 is 1.15 bits per heavy atom. The molecule has 0 spiro atoms. The third-order valence-corrected chi connectivity index (χ3v) is 10.9. The van der Waals surface area contributed by atoms with Gasteiger partial charge in [0.25, 0.3) is 0 Å². The number of piperidine rings is 1. The second-order valence-electron chi connectivity index (χ2n) is 14.0. The van der Waals surface area contributed by atoms with E-state index in [4.69, 9.17) is 24.2 Å². The topological polar surface area (TPSA) is 111 Å². The second kappa shape index (κ2) is 13.8. The Morgan fingerprint density at radius 2 is 1.98 bits per heavy atom. The Morgan fingerprint density at radius 3 is 2.73 bits per heavy atom. The van der Waals surface area contributed by atoms with Gasteiger partial charge in [0, 0.05) is 70.9 Å².